The summed E-state index contributed by atoms with van der Waals surface area (Å²) < 4.78 is 12.6. The third kappa shape index (κ3) is 3.19. The fourth-order valence-corrected chi connectivity index (χ4v) is 4.81. The molecule has 0 aromatic heterocycles. The number of para-hydroxylation sites is 1. The van der Waals surface area contributed by atoms with E-state index < -0.39 is 0 Å². The molecule has 1 heterocycles. The van der Waals surface area contributed by atoms with Gasteiger partial charge >= 0.3 is 0 Å². The molecule has 26 heavy (non-hydrogen) atoms. The summed E-state index contributed by atoms with van der Waals surface area (Å²) in [4.78, 5) is 0. The summed E-state index contributed by atoms with van der Waals surface area (Å²) in [7, 11) is 0. The molecule has 0 saturated carbocycles. The average Bonchev–Trinajstić information content (AvgIpc) is 2.65. The lowest BCUT2D eigenvalue weighted by Crippen LogP contribution is -2.42. The summed E-state index contributed by atoms with van der Waals surface area (Å²) in [5.74, 6) is 3.24. The zero-order chi connectivity index (χ0) is 18.1. The van der Waals surface area contributed by atoms with Gasteiger partial charge in [-0.1, -0.05) is 74.0 Å². The van der Waals surface area contributed by atoms with E-state index >= 15 is 0 Å². The minimum absolute atomic E-state index is 0.0805. The van der Waals surface area contributed by atoms with Crippen molar-refractivity contribution < 1.29 is 9.47 Å². The smallest absolute Gasteiger partial charge is 0.125 e. The molecular weight excluding hydrogens is 320 g/mol. The predicted molar refractivity (Wildman–Crippen MR) is 105 cm³/mol. The van der Waals surface area contributed by atoms with Crippen molar-refractivity contribution in [3.8, 4) is 5.75 Å². The Bertz CT molecular complexity index is 780. The van der Waals surface area contributed by atoms with Gasteiger partial charge in [-0.2, -0.15) is 0 Å². The Morgan fingerprint density at radius 2 is 1.73 bits per heavy atom. The van der Waals surface area contributed by atoms with Crippen molar-refractivity contribution in [2.24, 2.45) is 23.7 Å². The average molecular weight is 348 g/mol. The molecule has 4 rings (SSSR count). The van der Waals surface area contributed by atoms with Gasteiger partial charge < -0.3 is 9.47 Å². The lowest BCUT2D eigenvalue weighted by atomic mass is 9.64. The second-order valence-corrected chi connectivity index (χ2v) is 7.88. The maximum absolute atomic E-state index is 6.41. The molecule has 136 valence electrons. The Balaban J connectivity index is 1.61. The van der Waals surface area contributed by atoms with Gasteiger partial charge in [-0.15, -0.1) is 0 Å². The van der Waals surface area contributed by atoms with Gasteiger partial charge in [0.15, 0.2) is 0 Å². The first-order valence-corrected chi connectivity index (χ1v) is 9.70. The van der Waals surface area contributed by atoms with Crippen LogP contribution in [0.3, 0.4) is 0 Å². The minimum Gasteiger partial charge on any atom is -0.489 e. The standard InChI is InChI=1S/C24H28O2/c1-16-13-17(2)23-18(3)21(16)15-26-24(23)20-11-7-8-12-22(20)25-14-19-9-5-4-6-10-19/h4-13,16,18,21,23-24H,14-15H2,1-3H3/t16-,18+,21-,23-,24+/m0/s1. The molecular formula is C24H28O2. The van der Waals surface area contributed by atoms with Crippen LogP contribution >= 0.6 is 0 Å². The van der Waals surface area contributed by atoms with Crippen LogP contribution in [0.5, 0.6) is 5.75 Å². The zero-order valence-electron chi connectivity index (χ0n) is 15.9. The summed E-state index contributed by atoms with van der Waals surface area (Å²) >= 11 is 0. The van der Waals surface area contributed by atoms with Gasteiger partial charge in [0.1, 0.15) is 12.4 Å². The molecule has 0 amide bonds. The number of hydrogen-bond donors (Lipinski definition) is 0. The van der Waals surface area contributed by atoms with Crippen molar-refractivity contribution in [2.45, 2.75) is 33.5 Å². The van der Waals surface area contributed by atoms with E-state index in [-0.39, 0.29) is 6.10 Å². The first kappa shape index (κ1) is 17.4. The first-order chi connectivity index (χ1) is 12.6. The molecule has 1 aliphatic carbocycles. The van der Waals surface area contributed by atoms with E-state index in [0.29, 0.717) is 30.3 Å². The third-order valence-corrected chi connectivity index (χ3v) is 6.23. The highest BCUT2D eigenvalue weighted by molar-refractivity contribution is 5.38. The highest BCUT2D eigenvalue weighted by Crippen LogP contribution is 2.51. The molecule has 0 unspecified atom stereocenters. The predicted octanol–water partition coefficient (Wildman–Crippen LogP) is 5.80. The number of ether oxygens (including phenoxy) is 2. The summed E-state index contributed by atoms with van der Waals surface area (Å²) in [5, 5.41) is 0. The molecule has 1 saturated heterocycles. The van der Waals surface area contributed by atoms with E-state index in [0.717, 1.165) is 12.4 Å². The van der Waals surface area contributed by atoms with Crippen LogP contribution in [0.1, 0.15) is 38.0 Å². The van der Waals surface area contributed by atoms with E-state index in [4.69, 9.17) is 9.47 Å². The quantitative estimate of drug-likeness (QED) is 0.650. The lowest BCUT2D eigenvalue weighted by Gasteiger charge is -2.47. The SMILES string of the molecule is CC1=C[C@H](C)[C@@H]2CO[C@H](c3ccccc3OCc3ccccc3)[C@@H]1[C@@H]2C. The molecule has 0 spiro atoms. The monoisotopic (exact) mass is 348 g/mol. The van der Waals surface area contributed by atoms with Crippen LogP contribution in [0.25, 0.3) is 0 Å². The minimum atomic E-state index is 0.0805. The highest BCUT2D eigenvalue weighted by atomic mass is 16.5. The number of hydrogen-bond acceptors (Lipinski definition) is 2. The third-order valence-electron chi connectivity index (χ3n) is 6.23. The zero-order valence-corrected chi connectivity index (χ0v) is 15.9. The Morgan fingerprint density at radius 3 is 2.54 bits per heavy atom. The topological polar surface area (TPSA) is 18.5 Å². The molecule has 2 bridgehead atoms. The van der Waals surface area contributed by atoms with Gasteiger partial charge in [0.2, 0.25) is 0 Å². The second kappa shape index (κ2) is 7.28. The van der Waals surface area contributed by atoms with Crippen molar-refractivity contribution in [3.63, 3.8) is 0 Å². The maximum atomic E-state index is 6.41. The second-order valence-electron chi connectivity index (χ2n) is 7.88. The molecule has 0 radical (unpaired) electrons. The van der Waals surface area contributed by atoms with Gasteiger partial charge in [0.25, 0.3) is 0 Å². The highest BCUT2D eigenvalue weighted by Gasteiger charge is 2.44. The van der Waals surface area contributed by atoms with Crippen LogP contribution in [0, 0.1) is 23.7 Å². The van der Waals surface area contributed by atoms with Gasteiger partial charge in [-0.3, -0.25) is 0 Å². The van der Waals surface area contributed by atoms with E-state index in [1.165, 1.54) is 16.7 Å². The molecule has 2 aromatic carbocycles. The van der Waals surface area contributed by atoms with Gasteiger partial charge in [0.05, 0.1) is 12.7 Å². The first-order valence-electron chi connectivity index (χ1n) is 9.70. The van der Waals surface area contributed by atoms with Crippen LogP contribution in [-0.2, 0) is 11.3 Å². The van der Waals surface area contributed by atoms with Crippen molar-refractivity contribution in [1.82, 2.24) is 0 Å². The van der Waals surface area contributed by atoms with E-state index in [1.54, 1.807) is 0 Å². The van der Waals surface area contributed by atoms with Gasteiger partial charge in [-0.05, 0) is 36.3 Å². The summed E-state index contributed by atoms with van der Waals surface area (Å²) in [6.45, 7) is 8.40. The molecule has 0 N–H and O–H groups in total. The molecule has 2 nitrogen and oxygen atoms in total. The Hall–Kier alpha value is -2.06. The summed E-state index contributed by atoms with van der Waals surface area (Å²) in [6.07, 6.45) is 2.54. The molecule has 1 fully saturated rings. The lowest BCUT2D eigenvalue weighted by molar-refractivity contribution is -0.0942. The van der Waals surface area contributed by atoms with Gasteiger partial charge in [-0.25, -0.2) is 0 Å². The van der Waals surface area contributed by atoms with E-state index in [2.05, 4.69) is 57.2 Å². The van der Waals surface area contributed by atoms with Crippen molar-refractivity contribution in [3.05, 3.63) is 77.4 Å². The Morgan fingerprint density at radius 1 is 1.00 bits per heavy atom. The molecule has 5 atom stereocenters. The number of benzene rings is 2. The largest absolute Gasteiger partial charge is 0.489 e. The number of fused-ring (bicyclic) bond motifs is 2. The Labute approximate surface area is 156 Å². The van der Waals surface area contributed by atoms with Crippen molar-refractivity contribution in [2.75, 3.05) is 6.61 Å². The number of rotatable bonds is 4. The Kier molecular flexibility index (Phi) is 4.86. The van der Waals surface area contributed by atoms with Crippen molar-refractivity contribution >= 4 is 0 Å². The fraction of sp³-hybridized carbons (Fsp3) is 0.417. The van der Waals surface area contributed by atoms with Gasteiger partial charge in [0, 0.05) is 11.5 Å². The summed E-state index contributed by atoms with van der Waals surface area (Å²) in [6, 6.07) is 18.7. The van der Waals surface area contributed by atoms with Crippen LogP contribution in [0.4, 0.5) is 0 Å². The van der Waals surface area contributed by atoms with Crippen molar-refractivity contribution in [1.29, 1.82) is 0 Å². The maximum Gasteiger partial charge on any atom is 0.125 e. The van der Waals surface area contributed by atoms with Crippen LogP contribution in [0.2, 0.25) is 0 Å². The molecule has 1 aliphatic heterocycles. The molecule has 2 aromatic rings. The van der Waals surface area contributed by atoms with Crippen LogP contribution in [0.15, 0.2) is 66.2 Å². The normalized spacial score (nSPS) is 30.6. The summed E-state index contributed by atoms with van der Waals surface area (Å²) in [5.41, 5.74) is 3.83. The van der Waals surface area contributed by atoms with Crippen LogP contribution < -0.4 is 4.74 Å². The fourth-order valence-electron chi connectivity index (χ4n) is 4.81. The van der Waals surface area contributed by atoms with Crippen LogP contribution in [-0.4, -0.2) is 6.61 Å². The molecule has 2 aliphatic rings. The molecule has 2 heteroatoms. The van der Waals surface area contributed by atoms with E-state index in [1.807, 2.05) is 24.3 Å². The number of allylic oxidation sites excluding steroid dienone is 1. The van der Waals surface area contributed by atoms with E-state index in [9.17, 15) is 0 Å².